The van der Waals surface area contributed by atoms with Crippen molar-refractivity contribution < 1.29 is 4.52 Å². The number of unbranched alkanes of at least 4 members (excludes halogenated alkanes) is 1. The molecule has 2 rings (SSSR count). The number of rotatable bonds is 6. The zero-order valence-electron chi connectivity index (χ0n) is 12.3. The van der Waals surface area contributed by atoms with E-state index in [-0.39, 0.29) is 6.04 Å². The predicted octanol–water partition coefficient (Wildman–Crippen LogP) is 3.94. The van der Waals surface area contributed by atoms with Crippen molar-refractivity contribution in [2.24, 2.45) is 11.7 Å². The van der Waals surface area contributed by atoms with Crippen LogP contribution in [0.4, 0.5) is 0 Å². The Hall–Kier alpha value is -0.900. The minimum absolute atomic E-state index is 0.0896. The molecule has 1 fully saturated rings. The SMILES string of the molecule is CCCCC(N)c1nc(C2CCC(CC)CC2)no1. The molecule has 1 atom stereocenters. The maximum atomic E-state index is 6.07. The summed E-state index contributed by atoms with van der Waals surface area (Å²) in [7, 11) is 0. The molecular weight excluding hydrogens is 238 g/mol. The molecule has 1 aromatic heterocycles. The van der Waals surface area contributed by atoms with Gasteiger partial charge < -0.3 is 10.3 Å². The normalized spacial score (nSPS) is 25.4. The standard InChI is InChI=1S/C15H27N3O/c1-3-5-6-13(16)15-17-14(18-19-15)12-9-7-11(4-2)8-10-12/h11-13H,3-10,16H2,1-2H3. The van der Waals surface area contributed by atoms with E-state index >= 15 is 0 Å². The van der Waals surface area contributed by atoms with Gasteiger partial charge in [-0.15, -0.1) is 0 Å². The molecule has 1 unspecified atom stereocenters. The minimum Gasteiger partial charge on any atom is -0.338 e. The first kappa shape index (κ1) is 14.5. The van der Waals surface area contributed by atoms with Crippen molar-refractivity contribution in [3.63, 3.8) is 0 Å². The average molecular weight is 265 g/mol. The summed E-state index contributed by atoms with van der Waals surface area (Å²) in [5.41, 5.74) is 6.07. The molecule has 0 saturated heterocycles. The first-order chi connectivity index (χ1) is 9.24. The highest BCUT2D eigenvalue weighted by Gasteiger charge is 2.26. The number of hydrogen-bond acceptors (Lipinski definition) is 4. The number of nitrogens with two attached hydrogens (primary N) is 1. The lowest BCUT2D eigenvalue weighted by molar-refractivity contribution is 0.300. The Morgan fingerprint density at radius 2 is 2.00 bits per heavy atom. The first-order valence-electron chi connectivity index (χ1n) is 7.83. The summed E-state index contributed by atoms with van der Waals surface area (Å²) in [6.45, 7) is 4.45. The van der Waals surface area contributed by atoms with Crippen molar-refractivity contribution in [2.75, 3.05) is 0 Å². The molecule has 1 aromatic rings. The second-order valence-corrected chi connectivity index (χ2v) is 5.87. The molecule has 0 radical (unpaired) electrons. The molecule has 0 aliphatic heterocycles. The van der Waals surface area contributed by atoms with Gasteiger partial charge in [-0.25, -0.2) is 0 Å². The van der Waals surface area contributed by atoms with Gasteiger partial charge in [-0.05, 0) is 38.0 Å². The van der Waals surface area contributed by atoms with Gasteiger partial charge in [0.2, 0.25) is 5.89 Å². The van der Waals surface area contributed by atoms with E-state index in [9.17, 15) is 0 Å². The molecule has 1 heterocycles. The number of nitrogens with zero attached hydrogens (tertiary/aromatic N) is 2. The first-order valence-corrected chi connectivity index (χ1v) is 7.83. The maximum Gasteiger partial charge on any atom is 0.243 e. The Morgan fingerprint density at radius 1 is 1.26 bits per heavy atom. The Balaban J connectivity index is 1.90. The van der Waals surface area contributed by atoms with Crippen LogP contribution in [-0.4, -0.2) is 10.1 Å². The minimum atomic E-state index is -0.0896. The Kier molecular flexibility index (Phi) is 5.37. The van der Waals surface area contributed by atoms with Gasteiger partial charge >= 0.3 is 0 Å². The monoisotopic (exact) mass is 265 g/mol. The summed E-state index contributed by atoms with van der Waals surface area (Å²) < 4.78 is 5.34. The molecular formula is C15H27N3O. The fourth-order valence-corrected chi connectivity index (χ4v) is 2.94. The van der Waals surface area contributed by atoms with E-state index in [1.54, 1.807) is 0 Å². The van der Waals surface area contributed by atoms with Crippen LogP contribution in [0.5, 0.6) is 0 Å². The fourth-order valence-electron chi connectivity index (χ4n) is 2.94. The molecule has 1 aliphatic carbocycles. The lowest BCUT2D eigenvalue weighted by atomic mass is 9.80. The van der Waals surface area contributed by atoms with Crippen LogP contribution in [0.2, 0.25) is 0 Å². The van der Waals surface area contributed by atoms with E-state index in [1.807, 2.05) is 0 Å². The predicted molar refractivity (Wildman–Crippen MR) is 75.7 cm³/mol. The molecule has 1 aliphatic rings. The lowest BCUT2D eigenvalue weighted by Crippen LogP contribution is -2.14. The largest absolute Gasteiger partial charge is 0.338 e. The van der Waals surface area contributed by atoms with Gasteiger partial charge in [0.1, 0.15) is 0 Å². The van der Waals surface area contributed by atoms with Crippen LogP contribution in [0.3, 0.4) is 0 Å². The van der Waals surface area contributed by atoms with Gasteiger partial charge in [-0.2, -0.15) is 4.98 Å². The van der Waals surface area contributed by atoms with Crippen molar-refractivity contribution in [3.05, 3.63) is 11.7 Å². The van der Waals surface area contributed by atoms with Crippen molar-refractivity contribution in [1.29, 1.82) is 0 Å². The summed E-state index contributed by atoms with van der Waals surface area (Å²) in [6.07, 6.45) is 9.48. The Morgan fingerprint density at radius 3 is 2.63 bits per heavy atom. The number of aromatic nitrogens is 2. The van der Waals surface area contributed by atoms with Crippen LogP contribution in [0.1, 0.15) is 88.9 Å². The van der Waals surface area contributed by atoms with Gasteiger partial charge in [-0.1, -0.05) is 38.3 Å². The quantitative estimate of drug-likeness (QED) is 0.846. The second kappa shape index (κ2) is 7.04. The smallest absolute Gasteiger partial charge is 0.243 e. The van der Waals surface area contributed by atoms with Crippen LogP contribution in [-0.2, 0) is 0 Å². The molecule has 108 valence electrons. The molecule has 19 heavy (non-hydrogen) atoms. The van der Waals surface area contributed by atoms with Crippen LogP contribution in [0, 0.1) is 5.92 Å². The summed E-state index contributed by atoms with van der Waals surface area (Å²) in [5, 5.41) is 4.15. The second-order valence-electron chi connectivity index (χ2n) is 5.87. The molecule has 0 amide bonds. The van der Waals surface area contributed by atoms with Gasteiger partial charge in [0.15, 0.2) is 5.82 Å². The zero-order chi connectivity index (χ0) is 13.7. The topological polar surface area (TPSA) is 64.9 Å². The zero-order valence-corrected chi connectivity index (χ0v) is 12.3. The highest BCUT2D eigenvalue weighted by Crippen LogP contribution is 2.36. The molecule has 0 aromatic carbocycles. The van der Waals surface area contributed by atoms with E-state index in [2.05, 4.69) is 24.0 Å². The van der Waals surface area contributed by atoms with Gasteiger partial charge in [0, 0.05) is 5.92 Å². The molecule has 0 bridgehead atoms. The van der Waals surface area contributed by atoms with Gasteiger partial charge in [0.25, 0.3) is 0 Å². The third-order valence-electron chi connectivity index (χ3n) is 4.43. The van der Waals surface area contributed by atoms with E-state index in [0.717, 1.165) is 31.0 Å². The summed E-state index contributed by atoms with van der Waals surface area (Å²) >= 11 is 0. The van der Waals surface area contributed by atoms with E-state index in [0.29, 0.717) is 11.8 Å². The van der Waals surface area contributed by atoms with Crippen molar-refractivity contribution in [2.45, 2.75) is 77.2 Å². The Labute approximate surface area is 116 Å². The molecule has 1 saturated carbocycles. The van der Waals surface area contributed by atoms with Crippen molar-refractivity contribution in [1.82, 2.24) is 10.1 Å². The average Bonchev–Trinajstić information content (AvgIpc) is 2.94. The number of hydrogen-bond donors (Lipinski definition) is 1. The van der Waals surface area contributed by atoms with Gasteiger partial charge in [-0.3, -0.25) is 0 Å². The van der Waals surface area contributed by atoms with E-state index in [1.165, 1.54) is 32.1 Å². The third kappa shape index (κ3) is 3.78. The van der Waals surface area contributed by atoms with E-state index in [4.69, 9.17) is 10.3 Å². The maximum absolute atomic E-state index is 6.07. The van der Waals surface area contributed by atoms with Crippen LogP contribution in [0.25, 0.3) is 0 Å². The van der Waals surface area contributed by atoms with Gasteiger partial charge in [0.05, 0.1) is 6.04 Å². The molecule has 4 nitrogen and oxygen atoms in total. The van der Waals surface area contributed by atoms with Crippen LogP contribution >= 0.6 is 0 Å². The van der Waals surface area contributed by atoms with E-state index < -0.39 is 0 Å². The van der Waals surface area contributed by atoms with Crippen molar-refractivity contribution in [3.8, 4) is 0 Å². The molecule has 2 N–H and O–H groups in total. The fraction of sp³-hybridized carbons (Fsp3) is 0.867. The van der Waals surface area contributed by atoms with Crippen LogP contribution in [0.15, 0.2) is 4.52 Å². The Bertz CT molecular complexity index is 369. The highest BCUT2D eigenvalue weighted by atomic mass is 16.5. The van der Waals surface area contributed by atoms with Crippen LogP contribution < -0.4 is 5.73 Å². The lowest BCUT2D eigenvalue weighted by Gasteiger charge is -2.25. The molecule has 0 spiro atoms. The highest BCUT2D eigenvalue weighted by molar-refractivity contribution is 4.99. The summed E-state index contributed by atoms with van der Waals surface area (Å²) in [5.74, 6) is 2.89. The summed E-state index contributed by atoms with van der Waals surface area (Å²) in [6, 6.07) is -0.0896. The van der Waals surface area contributed by atoms with Crippen molar-refractivity contribution >= 4 is 0 Å². The molecule has 4 heteroatoms. The summed E-state index contributed by atoms with van der Waals surface area (Å²) in [4.78, 5) is 4.53. The third-order valence-corrected chi connectivity index (χ3v) is 4.43.